The van der Waals surface area contributed by atoms with Crippen molar-refractivity contribution in [2.24, 2.45) is 0 Å². The van der Waals surface area contributed by atoms with Gasteiger partial charge in [-0.25, -0.2) is 0 Å². The summed E-state index contributed by atoms with van der Waals surface area (Å²) in [6, 6.07) is 0. The molecule has 0 bridgehead atoms. The molecule has 0 rings (SSSR count). The molecule has 0 aliphatic heterocycles. The van der Waals surface area contributed by atoms with Crippen LogP contribution in [0.2, 0.25) is 6.55 Å². The number of unbranched alkanes of at least 4 members (excludes halogenated alkanes) is 2. The van der Waals surface area contributed by atoms with Crippen LogP contribution in [0.3, 0.4) is 0 Å². The third-order valence-electron chi connectivity index (χ3n) is 2.71. The van der Waals surface area contributed by atoms with Gasteiger partial charge in [0.05, 0.1) is 0 Å². The molecule has 0 saturated carbocycles. The molecule has 0 aliphatic rings. The van der Waals surface area contributed by atoms with Crippen molar-refractivity contribution < 1.29 is 12.3 Å². The summed E-state index contributed by atoms with van der Waals surface area (Å²) in [5.41, 5.74) is 0. The highest BCUT2D eigenvalue weighted by atomic mass is 35.5. The molecule has 0 aromatic heterocycles. The van der Waals surface area contributed by atoms with E-state index in [1.54, 1.807) is 0 Å². The second-order valence-corrected chi connectivity index (χ2v) is 14.2. The van der Waals surface area contributed by atoms with Crippen molar-refractivity contribution in [3.8, 4) is 0 Å². The van der Waals surface area contributed by atoms with Crippen LogP contribution >= 0.6 is 23.2 Å². The lowest BCUT2D eigenvalue weighted by molar-refractivity contribution is 0.430. The van der Waals surface area contributed by atoms with Crippen LogP contribution in [-0.4, -0.2) is 49.9 Å². The van der Waals surface area contributed by atoms with Gasteiger partial charge in [0.2, 0.25) is 0 Å². The maximum atomic E-state index is 6.35. The molecule has 0 N–H and O–H groups in total. The largest absolute Gasteiger partial charge is 0.449 e. The Balaban J connectivity index is 3.40. The summed E-state index contributed by atoms with van der Waals surface area (Å²) in [7, 11) is -2.00. The summed E-state index contributed by atoms with van der Waals surface area (Å²) in [6.45, 7) is 4.21. The van der Waals surface area contributed by atoms with Gasteiger partial charge in [0, 0.05) is 10.4 Å². The van der Waals surface area contributed by atoms with Gasteiger partial charge in [-0.2, -0.15) is 0 Å². The second-order valence-electron chi connectivity index (χ2n) is 4.54. The van der Waals surface area contributed by atoms with E-state index in [4.69, 9.17) is 35.5 Å². The predicted molar refractivity (Wildman–Crippen MR) is 91.3 cm³/mol. The molecule has 3 unspecified atom stereocenters. The van der Waals surface area contributed by atoms with Crippen molar-refractivity contribution >= 4 is 62.7 Å². The van der Waals surface area contributed by atoms with E-state index in [1.807, 2.05) is 6.92 Å². The molecule has 0 radical (unpaired) electrons. The standard InChI is InChI=1S/C9H26Cl2O3Si4/c1-8(10)6-4-3-5-7-9(11)18(2)14-17-13-16-12-15/h8-9,18H,3-7,16-17H2,1-2,15H3. The van der Waals surface area contributed by atoms with Gasteiger partial charge in [-0.15, -0.1) is 23.2 Å². The van der Waals surface area contributed by atoms with Gasteiger partial charge in [0.15, 0.2) is 9.04 Å². The Hall–Kier alpha value is 1.33. The van der Waals surface area contributed by atoms with Crippen molar-refractivity contribution in [2.45, 2.75) is 56.0 Å². The summed E-state index contributed by atoms with van der Waals surface area (Å²) in [5.74, 6) is 0. The van der Waals surface area contributed by atoms with Crippen molar-refractivity contribution in [2.75, 3.05) is 0 Å². The number of rotatable bonds is 12. The zero-order valence-corrected chi connectivity index (χ0v) is 19.2. The van der Waals surface area contributed by atoms with E-state index in [2.05, 4.69) is 6.55 Å². The van der Waals surface area contributed by atoms with Crippen molar-refractivity contribution in [1.29, 1.82) is 0 Å². The second kappa shape index (κ2) is 13.3. The van der Waals surface area contributed by atoms with Gasteiger partial charge in [-0.05, 0) is 26.3 Å². The predicted octanol–water partition coefficient (Wildman–Crippen LogP) is 0.392. The highest BCUT2D eigenvalue weighted by Crippen LogP contribution is 2.15. The smallest absolute Gasteiger partial charge is 0.284 e. The lowest BCUT2D eigenvalue weighted by Gasteiger charge is -2.17. The Morgan fingerprint density at radius 2 is 1.83 bits per heavy atom. The lowest BCUT2D eigenvalue weighted by atomic mass is 10.1. The van der Waals surface area contributed by atoms with Crippen LogP contribution in [0.5, 0.6) is 0 Å². The average molecular weight is 366 g/mol. The Labute approximate surface area is 131 Å². The fraction of sp³-hybridized carbons (Fsp3) is 1.00. The monoisotopic (exact) mass is 364 g/mol. The van der Waals surface area contributed by atoms with Crippen LogP contribution in [-0.2, 0) is 12.3 Å². The molecular weight excluding hydrogens is 339 g/mol. The minimum Gasteiger partial charge on any atom is -0.449 e. The van der Waals surface area contributed by atoms with Crippen LogP contribution in [0.4, 0.5) is 0 Å². The van der Waals surface area contributed by atoms with Crippen LogP contribution in [0.25, 0.3) is 0 Å². The van der Waals surface area contributed by atoms with Gasteiger partial charge in [0.1, 0.15) is 10.5 Å². The third kappa shape index (κ3) is 12.4. The van der Waals surface area contributed by atoms with E-state index in [-0.39, 0.29) is 5.00 Å². The molecule has 110 valence electrons. The number of alkyl halides is 2. The van der Waals surface area contributed by atoms with E-state index in [0.717, 1.165) is 23.3 Å². The van der Waals surface area contributed by atoms with Crippen LogP contribution in [0, 0.1) is 0 Å². The fourth-order valence-electron chi connectivity index (χ4n) is 1.55. The fourth-order valence-corrected chi connectivity index (χ4v) is 8.61. The molecule has 0 amide bonds. The van der Waals surface area contributed by atoms with E-state index in [9.17, 15) is 0 Å². The minimum atomic E-state index is -1.26. The molecule has 0 spiro atoms. The van der Waals surface area contributed by atoms with Gasteiger partial charge in [0.25, 0.3) is 20.0 Å². The van der Waals surface area contributed by atoms with E-state index in [0.29, 0.717) is 5.38 Å². The van der Waals surface area contributed by atoms with Gasteiger partial charge >= 0.3 is 0 Å². The molecular formula is C9H26Cl2O3Si4. The maximum Gasteiger partial charge on any atom is 0.284 e. The highest BCUT2D eigenvalue weighted by Gasteiger charge is 2.16. The average Bonchev–Trinajstić information content (AvgIpc) is 2.33. The molecule has 3 atom stereocenters. The van der Waals surface area contributed by atoms with Gasteiger partial charge in [-0.3, -0.25) is 0 Å². The van der Waals surface area contributed by atoms with Crippen LogP contribution < -0.4 is 0 Å². The Kier molecular flexibility index (Phi) is 14.3. The molecule has 0 aromatic rings. The summed E-state index contributed by atoms with van der Waals surface area (Å²) in [6.07, 6.45) is 5.76. The summed E-state index contributed by atoms with van der Waals surface area (Å²) in [4.78, 5) is 0. The van der Waals surface area contributed by atoms with Crippen molar-refractivity contribution in [3.05, 3.63) is 0 Å². The molecule has 3 nitrogen and oxygen atoms in total. The molecule has 9 heteroatoms. The van der Waals surface area contributed by atoms with Crippen molar-refractivity contribution in [1.82, 2.24) is 0 Å². The first-order valence-corrected chi connectivity index (χ1v) is 12.8. The number of hydrogen-bond acceptors (Lipinski definition) is 3. The molecule has 0 aromatic carbocycles. The molecule has 0 fully saturated rings. The Bertz CT molecular complexity index is 191. The topological polar surface area (TPSA) is 27.7 Å². The van der Waals surface area contributed by atoms with Gasteiger partial charge in [-0.1, -0.05) is 19.3 Å². The minimum absolute atomic E-state index is 0.230. The molecule has 0 aliphatic carbocycles. The van der Waals surface area contributed by atoms with E-state index >= 15 is 0 Å². The summed E-state index contributed by atoms with van der Waals surface area (Å²) in [5, 5.41) is 0.526. The SMILES string of the molecule is CC(Cl)CCCCCC(Cl)[SiH](C)O[SiH2]O[SiH2]O[SiH3]. The Morgan fingerprint density at radius 1 is 1.17 bits per heavy atom. The van der Waals surface area contributed by atoms with E-state index in [1.165, 1.54) is 19.3 Å². The number of hydrogen-bond donors (Lipinski definition) is 0. The lowest BCUT2D eigenvalue weighted by Crippen LogP contribution is -2.29. The van der Waals surface area contributed by atoms with Gasteiger partial charge < -0.3 is 12.3 Å². The quantitative estimate of drug-likeness (QED) is 0.285. The zero-order valence-electron chi connectivity index (χ0n) is 11.7. The van der Waals surface area contributed by atoms with Crippen LogP contribution in [0.1, 0.15) is 39.0 Å². The molecule has 0 heterocycles. The first-order chi connectivity index (χ1) is 8.57. The first-order valence-electron chi connectivity index (χ1n) is 6.54. The van der Waals surface area contributed by atoms with Crippen molar-refractivity contribution in [3.63, 3.8) is 0 Å². The van der Waals surface area contributed by atoms with Crippen LogP contribution in [0.15, 0.2) is 0 Å². The molecule has 0 saturated heterocycles. The maximum absolute atomic E-state index is 6.35. The normalized spacial score (nSPS) is 18.0. The molecule has 18 heavy (non-hydrogen) atoms. The van der Waals surface area contributed by atoms with E-state index < -0.39 is 29.1 Å². The zero-order chi connectivity index (χ0) is 13.8. The number of halogens is 2. The first kappa shape index (κ1) is 19.3. The summed E-state index contributed by atoms with van der Waals surface area (Å²) < 4.78 is 16.3. The third-order valence-corrected chi connectivity index (χ3v) is 10.5. The summed E-state index contributed by atoms with van der Waals surface area (Å²) >= 11 is 12.2. The highest BCUT2D eigenvalue weighted by molar-refractivity contribution is 6.67. The Morgan fingerprint density at radius 3 is 2.44 bits per heavy atom.